The Balaban J connectivity index is -0.000000395. The molecule has 2 N–H and O–H groups in total. The van der Waals surface area contributed by atoms with Crippen molar-refractivity contribution >= 4 is 0 Å². The van der Waals surface area contributed by atoms with Crippen LogP contribution in [0, 0.1) is 45.6 Å². The Morgan fingerprint density at radius 3 is 1.43 bits per heavy atom. The number of hydrogen-bond donors (Lipinski definition) is 2. The van der Waals surface area contributed by atoms with E-state index >= 15 is 0 Å². The maximum Gasteiger partial charge on any atom is 0 e. The maximum atomic E-state index is 8.93. The molecular formula is C28H48FeO6. The number of aliphatic hydroxyl groups is 2. The number of ether oxygens (including phenoxy) is 1. The fourth-order valence-corrected chi connectivity index (χ4v) is 3.48. The third-order valence-corrected chi connectivity index (χ3v) is 5.19. The Bertz CT molecular complexity index is 373. The molecule has 35 heavy (non-hydrogen) atoms. The summed E-state index contributed by atoms with van der Waals surface area (Å²) in [5.74, 6) is 0. The van der Waals surface area contributed by atoms with Crippen LogP contribution >= 0.6 is 0 Å². The van der Waals surface area contributed by atoms with Gasteiger partial charge in [-0.2, -0.15) is 0 Å². The summed E-state index contributed by atoms with van der Waals surface area (Å²) in [5.41, 5.74) is 0. The minimum atomic E-state index is 0. The van der Waals surface area contributed by atoms with Gasteiger partial charge >= 0.3 is 33.9 Å². The Morgan fingerprint density at radius 1 is 0.657 bits per heavy atom. The van der Waals surface area contributed by atoms with Crippen molar-refractivity contribution in [2.24, 2.45) is 0 Å². The van der Waals surface area contributed by atoms with Gasteiger partial charge in [0.15, 0.2) is 0 Å². The average molecular weight is 537 g/mol. The predicted octanol–water partition coefficient (Wildman–Crippen LogP) is 6.32. The standard InChI is InChI=1S/C25H48O3.3CO.Fe/c1-2-3-4-5-6-7-8-9-10-11-12-13-14-15-17-20-25(28-24-23-27)21-18-16-19-22-26;3*1-2;/h16,18-19,21,25-27H,2-15,17,20,22-24H2,1H3;;;;/t25-;;;;/m0..../s1. The number of unbranched alkanes of at least 4 members (excludes halogenated alkanes) is 16. The predicted molar refractivity (Wildman–Crippen MR) is 132 cm³/mol. The third-order valence-electron chi connectivity index (χ3n) is 5.19. The molecule has 7 heteroatoms. The first-order valence-electron chi connectivity index (χ1n) is 12.6. The smallest absolute Gasteiger partial charge is 0 e. The molecule has 0 aromatic heterocycles. The van der Waals surface area contributed by atoms with Crippen LogP contribution in [-0.4, -0.2) is 36.1 Å². The molecule has 0 aromatic carbocycles. The molecule has 0 saturated carbocycles. The molecule has 1 atom stereocenters. The molecule has 0 spiro atoms. The molecule has 6 nitrogen and oxygen atoms in total. The van der Waals surface area contributed by atoms with Crippen LogP contribution in [0.3, 0.4) is 0 Å². The summed E-state index contributed by atoms with van der Waals surface area (Å²) in [5, 5.41) is 17.7. The van der Waals surface area contributed by atoms with Gasteiger partial charge in [-0.25, -0.2) is 0 Å². The summed E-state index contributed by atoms with van der Waals surface area (Å²) in [6, 6.07) is 0. The fourth-order valence-electron chi connectivity index (χ4n) is 3.48. The molecule has 0 amide bonds. The molecule has 204 valence electrons. The average Bonchev–Trinajstić information content (AvgIpc) is 2.90. The topological polar surface area (TPSA) is 109 Å². The SMILES string of the molecule is CCCCCCCCCCCCCCCCC[C@@H]([CH][CH][CH][CH]CO)OCCO.[C-]#[O+].[C-]#[O+].[C-]#[O+].[Fe]. The van der Waals surface area contributed by atoms with Crippen molar-refractivity contribution in [2.75, 3.05) is 19.8 Å². The van der Waals surface area contributed by atoms with Gasteiger partial charge in [0.1, 0.15) is 0 Å². The van der Waals surface area contributed by atoms with Gasteiger partial charge in [-0.15, -0.1) is 0 Å². The minimum absolute atomic E-state index is 0. The van der Waals surface area contributed by atoms with Gasteiger partial charge in [-0.1, -0.05) is 103 Å². The summed E-state index contributed by atoms with van der Waals surface area (Å²) < 4.78 is 28.2. The van der Waals surface area contributed by atoms with E-state index in [9.17, 15) is 0 Å². The normalized spacial score (nSPS) is 10.2. The van der Waals surface area contributed by atoms with Crippen molar-refractivity contribution in [1.29, 1.82) is 0 Å². The van der Waals surface area contributed by atoms with Crippen LogP contribution in [0.2, 0.25) is 0 Å². The molecule has 0 saturated heterocycles. The molecule has 4 radical (unpaired) electrons. The second kappa shape index (κ2) is 50.5. The molecule has 0 aliphatic rings. The van der Waals surface area contributed by atoms with Gasteiger partial charge in [0.25, 0.3) is 0 Å². The number of rotatable bonds is 24. The first-order chi connectivity index (χ1) is 16.8. The number of hydrogen-bond acceptors (Lipinski definition) is 3. The van der Waals surface area contributed by atoms with Gasteiger partial charge < -0.3 is 14.9 Å². The molecule has 0 bridgehead atoms. The first kappa shape index (κ1) is 44.6. The summed E-state index contributed by atoms with van der Waals surface area (Å²) >= 11 is 0. The van der Waals surface area contributed by atoms with Crippen molar-refractivity contribution < 1.29 is 46.0 Å². The Hall–Kier alpha value is -0.381. The molecule has 0 aromatic rings. The zero-order valence-corrected chi connectivity index (χ0v) is 22.8. The van der Waals surface area contributed by atoms with E-state index in [4.69, 9.17) is 28.9 Å². The van der Waals surface area contributed by atoms with E-state index in [2.05, 4.69) is 26.9 Å². The van der Waals surface area contributed by atoms with Gasteiger partial charge in [0.2, 0.25) is 0 Å². The second-order valence-corrected chi connectivity index (χ2v) is 7.87. The van der Waals surface area contributed by atoms with Crippen molar-refractivity contribution in [3.05, 3.63) is 45.6 Å². The van der Waals surface area contributed by atoms with Crippen LogP contribution in [0.4, 0.5) is 0 Å². The molecule has 0 heterocycles. The first-order valence-corrected chi connectivity index (χ1v) is 12.6. The van der Waals surface area contributed by atoms with E-state index in [0.717, 1.165) is 6.42 Å². The van der Waals surface area contributed by atoms with Crippen molar-refractivity contribution in [1.82, 2.24) is 0 Å². The summed E-state index contributed by atoms with van der Waals surface area (Å²) in [6.45, 7) is 16.3. The van der Waals surface area contributed by atoms with E-state index in [1.54, 1.807) is 6.42 Å². The second-order valence-electron chi connectivity index (χ2n) is 7.87. The fraction of sp³-hybridized carbons (Fsp3) is 0.750. The summed E-state index contributed by atoms with van der Waals surface area (Å²) in [7, 11) is 0. The third kappa shape index (κ3) is 47.4. The Labute approximate surface area is 227 Å². The molecule has 0 unspecified atom stereocenters. The van der Waals surface area contributed by atoms with E-state index in [1.807, 2.05) is 19.3 Å². The van der Waals surface area contributed by atoms with E-state index in [0.29, 0.717) is 6.61 Å². The molecule has 0 aliphatic heterocycles. The molecule has 0 fully saturated rings. The Morgan fingerprint density at radius 2 is 1.06 bits per heavy atom. The largest absolute Gasteiger partial charge is 0 e. The maximum absolute atomic E-state index is 8.93. The van der Waals surface area contributed by atoms with Crippen molar-refractivity contribution in [3.8, 4) is 0 Å². The monoisotopic (exact) mass is 536 g/mol. The van der Waals surface area contributed by atoms with Crippen LogP contribution < -0.4 is 0 Å². The van der Waals surface area contributed by atoms with Gasteiger partial charge in [-0.3, -0.25) is 0 Å². The van der Waals surface area contributed by atoms with Crippen LogP contribution in [-0.2, 0) is 35.8 Å². The Kier molecular flexibility index (Phi) is 64.3. The zero-order valence-electron chi connectivity index (χ0n) is 21.7. The van der Waals surface area contributed by atoms with Crippen LogP contribution in [0.25, 0.3) is 0 Å². The zero-order chi connectivity index (χ0) is 26.5. The van der Waals surface area contributed by atoms with Crippen LogP contribution in [0.5, 0.6) is 0 Å². The van der Waals surface area contributed by atoms with Gasteiger partial charge in [-0.05, 0) is 32.1 Å². The van der Waals surface area contributed by atoms with Gasteiger partial charge in [0, 0.05) is 23.7 Å². The molecular weight excluding hydrogens is 488 g/mol. The van der Waals surface area contributed by atoms with Gasteiger partial charge in [0.05, 0.1) is 19.3 Å². The van der Waals surface area contributed by atoms with Crippen LogP contribution in [0.1, 0.15) is 110 Å². The minimum Gasteiger partial charge on any atom is 0 e. The summed E-state index contributed by atoms with van der Waals surface area (Å²) in [6.07, 6.45) is 29.2. The van der Waals surface area contributed by atoms with E-state index in [1.165, 1.54) is 96.3 Å². The van der Waals surface area contributed by atoms with Crippen LogP contribution in [0.15, 0.2) is 0 Å². The van der Waals surface area contributed by atoms with Crippen molar-refractivity contribution in [3.63, 3.8) is 0 Å². The summed E-state index contributed by atoms with van der Waals surface area (Å²) in [4.78, 5) is 0. The van der Waals surface area contributed by atoms with Crippen molar-refractivity contribution in [2.45, 2.75) is 116 Å². The molecule has 0 aliphatic carbocycles. The number of aliphatic hydroxyl groups excluding tert-OH is 2. The van der Waals surface area contributed by atoms with E-state index in [-0.39, 0.29) is 36.4 Å². The quantitative estimate of drug-likeness (QED) is 0.0652. The van der Waals surface area contributed by atoms with E-state index < -0.39 is 0 Å². The molecule has 0 rings (SSSR count).